The predicted octanol–water partition coefficient (Wildman–Crippen LogP) is 2.96. The fourth-order valence-electron chi connectivity index (χ4n) is 2.61. The molecule has 0 radical (unpaired) electrons. The summed E-state index contributed by atoms with van der Waals surface area (Å²) in [5.41, 5.74) is 1.49. The lowest BCUT2D eigenvalue weighted by Crippen LogP contribution is -2.37. The largest absolute Gasteiger partial charge is 0.496 e. The van der Waals surface area contributed by atoms with Crippen LogP contribution in [0.15, 0.2) is 18.2 Å². The fraction of sp³-hybridized carbons (Fsp3) is 0.647. The van der Waals surface area contributed by atoms with Gasteiger partial charge in [0, 0.05) is 30.9 Å². The van der Waals surface area contributed by atoms with Crippen LogP contribution in [0.25, 0.3) is 0 Å². The number of ether oxygens (including phenoxy) is 1. The molecule has 2 N–H and O–H groups in total. The number of likely N-dealkylation sites (N-methyl/N-ethyl adjacent to an activating group) is 1. The van der Waals surface area contributed by atoms with Crippen LogP contribution in [0.2, 0.25) is 0 Å². The Morgan fingerprint density at radius 3 is 2.57 bits per heavy atom. The van der Waals surface area contributed by atoms with Gasteiger partial charge in [-0.2, -0.15) is 0 Å². The Balaban J connectivity index is 3.12. The van der Waals surface area contributed by atoms with Crippen molar-refractivity contribution in [1.82, 2.24) is 5.32 Å². The number of rotatable bonds is 8. The van der Waals surface area contributed by atoms with Crippen molar-refractivity contribution in [3.05, 3.63) is 23.8 Å². The Bertz CT molecular complexity index is 441. The van der Waals surface area contributed by atoms with Crippen molar-refractivity contribution in [3.63, 3.8) is 0 Å². The SMILES string of the molecule is CCCNC(C)c1c(OC)cccc1N(C)CC(C)(C)O. The number of aliphatic hydroxyl groups is 1. The molecule has 1 atom stereocenters. The molecule has 0 amide bonds. The van der Waals surface area contributed by atoms with E-state index in [9.17, 15) is 5.11 Å². The highest BCUT2D eigenvalue weighted by atomic mass is 16.5. The molecule has 1 rings (SSSR count). The number of anilines is 1. The summed E-state index contributed by atoms with van der Waals surface area (Å²) >= 11 is 0. The van der Waals surface area contributed by atoms with Gasteiger partial charge in [-0.05, 0) is 45.9 Å². The number of hydrogen-bond acceptors (Lipinski definition) is 4. The second-order valence-corrected chi connectivity index (χ2v) is 6.24. The van der Waals surface area contributed by atoms with Gasteiger partial charge < -0.3 is 20.1 Å². The van der Waals surface area contributed by atoms with Gasteiger partial charge in [0.1, 0.15) is 5.75 Å². The summed E-state index contributed by atoms with van der Waals surface area (Å²) in [5, 5.41) is 13.6. The van der Waals surface area contributed by atoms with Crippen LogP contribution in [-0.4, -0.2) is 38.0 Å². The van der Waals surface area contributed by atoms with Gasteiger partial charge in [-0.25, -0.2) is 0 Å². The van der Waals surface area contributed by atoms with Gasteiger partial charge >= 0.3 is 0 Å². The minimum Gasteiger partial charge on any atom is -0.496 e. The molecule has 0 fully saturated rings. The van der Waals surface area contributed by atoms with Gasteiger partial charge in [0.05, 0.1) is 12.7 Å². The fourth-order valence-corrected chi connectivity index (χ4v) is 2.61. The zero-order chi connectivity index (χ0) is 16.0. The molecule has 4 heteroatoms. The summed E-state index contributed by atoms with van der Waals surface area (Å²) in [7, 11) is 3.70. The molecule has 0 saturated carbocycles. The van der Waals surface area contributed by atoms with E-state index >= 15 is 0 Å². The average molecular weight is 294 g/mol. The Morgan fingerprint density at radius 1 is 1.38 bits per heavy atom. The highest BCUT2D eigenvalue weighted by Crippen LogP contribution is 2.34. The molecule has 0 aliphatic heterocycles. The van der Waals surface area contributed by atoms with Gasteiger partial charge in [-0.3, -0.25) is 0 Å². The zero-order valence-electron chi connectivity index (χ0n) is 14.2. The molecule has 0 aliphatic carbocycles. The van der Waals surface area contributed by atoms with Crippen LogP contribution in [0.3, 0.4) is 0 Å². The van der Waals surface area contributed by atoms with E-state index in [-0.39, 0.29) is 6.04 Å². The van der Waals surface area contributed by atoms with Crippen LogP contribution < -0.4 is 15.0 Å². The van der Waals surface area contributed by atoms with E-state index in [1.54, 1.807) is 7.11 Å². The summed E-state index contributed by atoms with van der Waals surface area (Å²) in [6, 6.07) is 6.25. The smallest absolute Gasteiger partial charge is 0.125 e. The molecule has 120 valence electrons. The van der Waals surface area contributed by atoms with E-state index in [1.165, 1.54) is 0 Å². The van der Waals surface area contributed by atoms with Crippen LogP contribution in [0, 0.1) is 0 Å². The molecule has 0 saturated heterocycles. The van der Waals surface area contributed by atoms with Gasteiger partial charge in [-0.1, -0.05) is 13.0 Å². The molecule has 21 heavy (non-hydrogen) atoms. The second kappa shape index (κ2) is 7.66. The molecular formula is C17H30N2O2. The molecule has 0 aromatic heterocycles. The first-order valence-corrected chi connectivity index (χ1v) is 7.64. The summed E-state index contributed by atoms with van der Waals surface area (Å²) < 4.78 is 5.54. The molecule has 1 aromatic rings. The second-order valence-electron chi connectivity index (χ2n) is 6.24. The number of hydrogen-bond donors (Lipinski definition) is 2. The van der Waals surface area contributed by atoms with Crippen molar-refractivity contribution in [1.29, 1.82) is 0 Å². The molecule has 1 unspecified atom stereocenters. The minimum absolute atomic E-state index is 0.195. The van der Waals surface area contributed by atoms with E-state index < -0.39 is 5.60 Å². The summed E-state index contributed by atoms with van der Waals surface area (Å²) in [5.74, 6) is 0.881. The first-order valence-electron chi connectivity index (χ1n) is 7.64. The van der Waals surface area contributed by atoms with Crippen LogP contribution in [-0.2, 0) is 0 Å². The highest BCUT2D eigenvalue weighted by Gasteiger charge is 2.22. The Hall–Kier alpha value is -1.26. The lowest BCUT2D eigenvalue weighted by molar-refractivity contribution is 0.0885. The maximum Gasteiger partial charge on any atom is 0.125 e. The maximum absolute atomic E-state index is 10.1. The first kappa shape index (κ1) is 17.8. The lowest BCUT2D eigenvalue weighted by Gasteiger charge is -2.31. The van der Waals surface area contributed by atoms with E-state index in [0.717, 1.165) is 30.0 Å². The van der Waals surface area contributed by atoms with E-state index in [1.807, 2.05) is 33.0 Å². The topological polar surface area (TPSA) is 44.7 Å². The summed E-state index contributed by atoms with van der Waals surface area (Å²) in [6.07, 6.45) is 1.09. The van der Waals surface area contributed by atoms with Crippen LogP contribution in [0.1, 0.15) is 45.7 Å². The highest BCUT2D eigenvalue weighted by molar-refractivity contribution is 5.60. The van der Waals surface area contributed by atoms with Crippen molar-refractivity contribution in [2.45, 2.75) is 45.8 Å². The van der Waals surface area contributed by atoms with Crippen molar-refractivity contribution in [2.75, 3.05) is 32.1 Å². The average Bonchev–Trinajstić information content (AvgIpc) is 2.41. The molecule has 1 aromatic carbocycles. The third-order valence-electron chi connectivity index (χ3n) is 3.43. The van der Waals surface area contributed by atoms with Crippen molar-refractivity contribution in [2.24, 2.45) is 0 Å². The van der Waals surface area contributed by atoms with E-state index in [2.05, 4.69) is 30.1 Å². The van der Waals surface area contributed by atoms with Gasteiger partial charge in [-0.15, -0.1) is 0 Å². The molecule has 0 bridgehead atoms. The lowest BCUT2D eigenvalue weighted by atomic mass is 10.0. The third kappa shape index (κ3) is 5.21. The van der Waals surface area contributed by atoms with E-state index in [0.29, 0.717) is 6.54 Å². The molecule has 4 nitrogen and oxygen atoms in total. The van der Waals surface area contributed by atoms with Crippen LogP contribution in [0.4, 0.5) is 5.69 Å². The Morgan fingerprint density at radius 2 is 2.05 bits per heavy atom. The third-order valence-corrected chi connectivity index (χ3v) is 3.43. The minimum atomic E-state index is -0.741. The van der Waals surface area contributed by atoms with Crippen LogP contribution >= 0.6 is 0 Å². The summed E-state index contributed by atoms with van der Waals surface area (Å²) in [6.45, 7) is 9.48. The van der Waals surface area contributed by atoms with Crippen molar-refractivity contribution in [3.8, 4) is 5.75 Å². The number of benzene rings is 1. The number of methoxy groups -OCH3 is 1. The zero-order valence-corrected chi connectivity index (χ0v) is 14.2. The maximum atomic E-state index is 10.1. The molecular weight excluding hydrogens is 264 g/mol. The van der Waals surface area contributed by atoms with E-state index in [4.69, 9.17) is 4.74 Å². The van der Waals surface area contributed by atoms with Crippen LogP contribution in [0.5, 0.6) is 5.75 Å². The standard InChI is InChI=1S/C17H30N2O2/c1-7-11-18-13(2)16-14(9-8-10-15(16)21-6)19(5)12-17(3,4)20/h8-10,13,18,20H,7,11-12H2,1-6H3. The molecule has 0 heterocycles. The van der Waals surface area contributed by atoms with Gasteiger partial charge in [0.15, 0.2) is 0 Å². The quantitative estimate of drug-likeness (QED) is 0.774. The normalized spacial score (nSPS) is 13.1. The Labute approximate surface area is 129 Å². The van der Waals surface area contributed by atoms with Crippen molar-refractivity contribution < 1.29 is 9.84 Å². The van der Waals surface area contributed by atoms with Gasteiger partial charge in [0.2, 0.25) is 0 Å². The predicted molar refractivity (Wildman–Crippen MR) is 89.3 cm³/mol. The van der Waals surface area contributed by atoms with Crippen molar-refractivity contribution >= 4 is 5.69 Å². The first-order chi connectivity index (χ1) is 9.80. The molecule has 0 aliphatic rings. The van der Waals surface area contributed by atoms with Gasteiger partial charge in [0.25, 0.3) is 0 Å². The Kier molecular flexibility index (Phi) is 6.49. The number of nitrogens with zero attached hydrogens (tertiary/aromatic N) is 1. The monoisotopic (exact) mass is 294 g/mol. The molecule has 0 spiro atoms. The number of nitrogens with one attached hydrogen (secondary N) is 1. The summed E-state index contributed by atoms with van der Waals surface area (Å²) in [4.78, 5) is 2.09.